The van der Waals surface area contributed by atoms with Crippen molar-refractivity contribution in [3.05, 3.63) is 35.9 Å². The van der Waals surface area contributed by atoms with Crippen molar-refractivity contribution >= 4 is 5.97 Å². The average Bonchev–Trinajstić information content (AvgIpc) is 3.04. The van der Waals surface area contributed by atoms with Gasteiger partial charge in [-0.25, -0.2) is 0 Å². The standard InChI is InChI=1S/C37H54O4/c1-24-36-14-12-26-33(4,27(36)13-15-37(24,40)41-29(36)22-25-10-8-7-9-11-25)19-21-35(6)28-23-32(3,30(38)39)17-16-31(28,2)18-20-34(26,35)5/h7-11,24,26-29,40H,12-23H2,1-6H3,(H,38,39)/t24-,26+,27+,28-,29+,31-,32-,33-,34-,35+,36+,37+/m1/s1. The highest BCUT2D eigenvalue weighted by atomic mass is 16.6. The van der Waals surface area contributed by atoms with Crippen LogP contribution in [0.2, 0.25) is 0 Å². The van der Waals surface area contributed by atoms with Crippen molar-refractivity contribution in [3.8, 4) is 0 Å². The predicted octanol–water partition coefficient (Wildman–Crippen LogP) is 8.26. The maximum Gasteiger partial charge on any atom is 0.309 e. The molecule has 12 atom stereocenters. The van der Waals surface area contributed by atoms with Gasteiger partial charge in [0.15, 0.2) is 5.79 Å². The third-order valence-corrected chi connectivity index (χ3v) is 16.1. The highest BCUT2D eigenvalue weighted by molar-refractivity contribution is 5.74. The van der Waals surface area contributed by atoms with Gasteiger partial charge in [0.25, 0.3) is 0 Å². The third kappa shape index (κ3) is 3.44. The zero-order valence-electron chi connectivity index (χ0n) is 26.5. The minimum atomic E-state index is -0.998. The van der Waals surface area contributed by atoms with Crippen molar-refractivity contribution in [2.45, 2.75) is 130 Å². The summed E-state index contributed by atoms with van der Waals surface area (Å²) < 4.78 is 6.75. The Balaban J connectivity index is 1.26. The number of carbonyl (C=O) groups is 1. The first-order valence-electron chi connectivity index (χ1n) is 16.8. The Morgan fingerprint density at radius 1 is 0.829 bits per heavy atom. The van der Waals surface area contributed by atoms with Gasteiger partial charge in [-0.05, 0) is 123 Å². The molecule has 7 rings (SSSR count). The molecular formula is C37H54O4. The van der Waals surface area contributed by atoms with Crippen molar-refractivity contribution in [2.75, 3.05) is 0 Å². The van der Waals surface area contributed by atoms with E-state index in [4.69, 9.17) is 4.74 Å². The van der Waals surface area contributed by atoms with E-state index in [-0.39, 0.29) is 39.1 Å². The first-order chi connectivity index (χ1) is 19.2. The van der Waals surface area contributed by atoms with E-state index in [2.05, 4.69) is 65.0 Å². The second kappa shape index (κ2) is 8.62. The van der Waals surface area contributed by atoms with Crippen LogP contribution in [0.5, 0.6) is 0 Å². The van der Waals surface area contributed by atoms with Crippen LogP contribution < -0.4 is 0 Å². The van der Waals surface area contributed by atoms with Crippen molar-refractivity contribution in [2.24, 2.45) is 56.2 Å². The van der Waals surface area contributed by atoms with Crippen LogP contribution in [0.25, 0.3) is 0 Å². The number of fused-ring (bicyclic) bond motifs is 7. The fourth-order valence-corrected chi connectivity index (χ4v) is 13.3. The highest BCUT2D eigenvalue weighted by Gasteiger charge is 2.76. The Morgan fingerprint density at radius 2 is 1.46 bits per heavy atom. The van der Waals surface area contributed by atoms with Gasteiger partial charge in [-0.3, -0.25) is 4.79 Å². The van der Waals surface area contributed by atoms with Crippen molar-refractivity contribution in [3.63, 3.8) is 0 Å². The van der Waals surface area contributed by atoms with Gasteiger partial charge < -0.3 is 14.9 Å². The lowest BCUT2D eigenvalue weighted by Crippen LogP contribution is -2.69. The van der Waals surface area contributed by atoms with E-state index < -0.39 is 17.2 Å². The molecule has 0 radical (unpaired) electrons. The second-order valence-corrected chi connectivity index (χ2v) is 17.3. The number of benzene rings is 1. The van der Waals surface area contributed by atoms with Gasteiger partial charge in [0.1, 0.15) is 0 Å². The van der Waals surface area contributed by atoms with E-state index in [9.17, 15) is 15.0 Å². The molecule has 1 aromatic carbocycles. The Hall–Kier alpha value is -1.39. The molecule has 5 aliphatic carbocycles. The number of aliphatic hydroxyl groups is 1. The topological polar surface area (TPSA) is 66.8 Å². The van der Waals surface area contributed by atoms with Crippen LogP contribution >= 0.6 is 0 Å². The van der Waals surface area contributed by atoms with E-state index >= 15 is 0 Å². The van der Waals surface area contributed by atoms with Gasteiger partial charge in [0.05, 0.1) is 11.5 Å². The number of carboxylic acid groups (broad SMARTS) is 1. The van der Waals surface area contributed by atoms with Crippen molar-refractivity contribution in [1.29, 1.82) is 0 Å². The molecule has 4 nitrogen and oxygen atoms in total. The lowest BCUT2D eigenvalue weighted by molar-refractivity contribution is -0.267. The summed E-state index contributed by atoms with van der Waals surface area (Å²) in [7, 11) is 0. The molecule has 0 aromatic heterocycles. The second-order valence-electron chi connectivity index (χ2n) is 17.3. The number of ether oxygens (including phenoxy) is 1. The number of rotatable bonds is 3. The highest BCUT2D eigenvalue weighted by Crippen LogP contribution is 2.80. The molecule has 4 heteroatoms. The lowest BCUT2D eigenvalue weighted by Gasteiger charge is -2.75. The summed E-state index contributed by atoms with van der Waals surface area (Å²) in [4.78, 5) is 12.5. The van der Waals surface area contributed by atoms with Crippen LogP contribution in [0.4, 0.5) is 0 Å². The van der Waals surface area contributed by atoms with Crippen molar-refractivity contribution < 1.29 is 19.7 Å². The fraction of sp³-hybridized carbons (Fsp3) is 0.811. The minimum Gasteiger partial charge on any atom is -0.481 e. The van der Waals surface area contributed by atoms with Gasteiger partial charge >= 0.3 is 5.97 Å². The molecule has 2 N–H and O–H groups in total. The summed E-state index contributed by atoms with van der Waals surface area (Å²) in [5, 5.41) is 22.1. The normalized spacial score (nSPS) is 55.7. The van der Waals surface area contributed by atoms with Crippen LogP contribution in [0.1, 0.15) is 118 Å². The maximum atomic E-state index is 12.5. The Labute approximate surface area is 248 Å². The zero-order chi connectivity index (χ0) is 29.3. The molecule has 1 aromatic rings. The molecule has 226 valence electrons. The van der Waals surface area contributed by atoms with Crippen LogP contribution in [0.15, 0.2) is 30.3 Å². The number of carboxylic acids is 1. The summed E-state index contributed by atoms with van der Waals surface area (Å²) in [6, 6.07) is 10.8. The molecule has 0 unspecified atom stereocenters. The molecule has 1 saturated heterocycles. The van der Waals surface area contributed by atoms with Gasteiger partial charge in [-0.1, -0.05) is 65.0 Å². The summed E-state index contributed by atoms with van der Waals surface area (Å²) in [5.41, 5.74) is 1.55. The van der Waals surface area contributed by atoms with E-state index in [1.54, 1.807) is 0 Å². The Kier molecular flexibility index (Phi) is 5.97. The molecule has 1 heterocycles. The number of aliphatic carboxylic acids is 1. The van der Waals surface area contributed by atoms with Crippen LogP contribution in [-0.2, 0) is 16.0 Å². The van der Waals surface area contributed by atoms with Gasteiger partial charge in [0.2, 0.25) is 0 Å². The minimum absolute atomic E-state index is 0.00803. The lowest BCUT2D eigenvalue weighted by atomic mass is 9.29. The maximum absolute atomic E-state index is 12.5. The molecular weight excluding hydrogens is 508 g/mol. The summed E-state index contributed by atoms with van der Waals surface area (Å²) in [6.45, 7) is 14.7. The molecule has 1 spiro atoms. The van der Waals surface area contributed by atoms with Crippen LogP contribution in [-0.4, -0.2) is 28.1 Å². The third-order valence-electron chi connectivity index (χ3n) is 16.1. The van der Waals surface area contributed by atoms with E-state index in [1.807, 2.05) is 6.92 Å². The SMILES string of the molecule is C[C@@H]1[C@@]23CC[C@H]4[C@@](C)(CC[C@@]5(C)[C@@H]6C[C@](C)(C(=O)O)CC[C@]6(C)CC[C@]45C)[C@@H]2CC[C@]1(O)O[C@H]3Cc1ccccc1. The molecule has 5 saturated carbocycles. The van der Waals surface area contributed by atoms with Crippen molar-refractivity contribution in [1.82, 2.24) is 0 Å². The molecule has 2 bridgehead atoms. The van der Waals surface area contributed by atoms with E-state index in [0.29, 0.717) is 17.8 Å². The zero-order valence-corrected chi connectivity index (χ0v) is 26.5. The van der Waals surface area contributed by atoms with Gasteiger partial charge in [-0.2, -0.15) is 0 Å². The Bertz CT molecular complexity index is 1230. The summed E-state index contributed by atoms with van der Waals surface area (Å²) in [6.07, 6.45) is 12.7. The quantitative estimate of drug-likeness (QED) is 0.389. The fourth-order valence-electron chi connectivity index (χ4n) is 13.3. The van der Waals surface area contributed by atoms with E-state index in [1.165, 1.54) is 37.7 Å². The largest absolute Gasteiger partial charge is 0.481 e. The number of hydrogen-bond donors (Lipinski definition) is 2. The first kappa shape index (κ1) is 28.4. The molecule has 41 heavy (non-hydrogen) atoms. The summed E-state index contributed by atoms with van der Waals surface area (Å²) >= 11 is 0. The molecule has 0 amide bonds. The average molecular weight is 563 g/mol. The molecule has 6 aliphatic rings. The molecule has 1 aliphatic heterocycles. The van der Waals surface area contributed by atoms with Gasteiger partial charge in [0, 0.05) is 17.8 Å². The summed E-state index contributed by atoms with van der Waals surface area (Å²) in [5.74, 6) is 0.187. The van der Waals surface area contributed by atoms with Gasteiger partial charge in [-0.15, -0.1) is 0 Å². The first-order valence-corrected chi connectivity index (χ1v) is 16.8. The Morgan fingerprint density at radius 3 is 2.17 bits per heavy atom. The smallest absolute Gasteiger partial charge is 0.309 e. The van der Waals surface area contributed by atoms with Crippen LogP contribution in [0.3, 0.4) is 0 Å². The number of hydrogen-bond acceptors (Lipinski definition) is 3. The predicted molar refractivity (Wildman–Crippen MR) is 161 cm³/mol. The monoisotopic (exact) mass is 562 g/mol. The molecule has 6 fully saturated rings. The van der Waals surface area contributed by atoms with E-state index in [0.717, 1.165) is 44.9 Å². The van der Waals surface area contributed by atoms with Crippen LogP contribution in [0, 0.1) is 56.2 Å².